The number of hydrogen-bond donors (Lipinski definition) is 1. The number of carbonyl (C=O) groups excluding carboxylic acids is 1. The molecular formula is C32H40ClNO4. The molecule has 204 valence electrons. The highest BCUT2D eigenvalue weighted by molar-refractivity contribution is 6.30. The second kappa shape index (κ2) is 9.91. The van der Waals surface area contributed by atoms with Crippen LogP contribution in [0.3, 0.4) is 0 Å². The molecule has 0 radical (unpaired) electrons. The molecule has 0 aromatic heterocycles. The predicted molar refractivity (Wildman–Crippen MR) is 152 cm³/mol. The Hall–Kier alpha value is -2.50. The van der Waals surface area contributed by atoms with Crippen molar-refractivity contribution in [2.24, 2.45) is 11.3 Å². The van der Waals surface area contributed by atoms with Crippen LogP contribution >= 0.6 is 11.6 Å². The summed E-state index contributed by atoms with van der Waals surface area (Å²) in [6.45, 7) is 13.7. The summed E-state index contributed by atoms with van der Waals surface area (Å²) in [6.07, 6.45) is 6.21. The Labute approximate surface area is 231 Å². The van der Waals surface area contributed by atoms with Gasteiger partial charge in [-0.15, -0.1) is 6.58 Å². The lowest BCUT2D eigenvalue weighted by atomic mass is 9.58. The van der Waals surface area contributed by atoms with Crippen LogP contribution in [0.5, 0.6) is 5.75 Å². The Bertz CT molecular complexity index is 1240. The van der Waals surface area contributed by atoms with Crippen molar-refractivity contribution in [3.63, 3.8) is 0 Å². The second-order valence-corrected chi connectivity index (χ2v) is 13.1. The summed E-state index contributed by atoms with van der Waals surface area (Å²) < 4.78 is 12.2. The molecule has 5 nitrogen and oxygen atoms in total. The van der Waals surface area contributed by atoms with E-state index in [1.807, 2.05) is 39.0 Å². The Morgan fingerprint density at radius 2 is 2.08 bits per heavy atom. The van der Waals surface area contributed by atoms with Crippen LogP contribution in [-0.2, 0) is 16.6 Å². The van der Waals surface area contributed by atoms with Gasteiger partial charge in [-0.2, -0.15) is 0 Å². The van der Waals surface area contributed by atoms with E-state index in [1.54, 1.807) is 12.1 Å². The molecule has 5 rings (SSSR count). The van der Waals surface area contributed by atoms with Crippen LogP contribution in [0.2, 0.25) is 5.02 Å². The summed E-state index contributed by atoms with van der Waals surface area (Å²) in [7, 11) is 0. The molecule has 1 heterocycles. The minimum Gasteiger partial charge on any atom is -0.490 e. The Morgan fingerprint density at radius 3 is 2.76 bits per heavy atom. The fourth-order valence-electron chi connectivity index (χ4n) is 6.61. The van der Waals surface area contributed by atoms with Crippen LogP contribution in [0.4, 0.5) is 5.69 Å². The average molecular weight is 538 g/mol. The summed E-state index contributed by atoms with van der Waals surface area (Å²) in [6, 6.07) is 11.9. The molecule has 3 aliphatic rings. The fourth-order valence-corrected chi connectivity index (χ4v) is 6.80. The van der Waals surface area contributed by atoms with Crippen molar-refractivity contribution in [1.29, 1.82) is 0 Å². The average Bonchev–Trinajstić information content (AvgIpc) is 3.01. The van der Waals surface area contributed by atoms with Crippen molar-refractivity contribution in [2.45, 2.75) is 76.9 Å². The molecule has 4 atom stereocenters. The summed E-state index contributed by atoms with van der Waals surface area (Å²) >= 11 is 6.38. The number of aliphatic hydroxyl groups excluding tert-OH is 1. The zero-order valence-electron chi connectivity index (χ0n) is 23.1. The number of ether oxygens (including phenoxy) is 2. The summed E-state index contributed by atoms with van der Waals surface area (Å²) in [5.41, 5.74) is 3.04. The third kappa shape index (κ3) is 4.96. The number of esters is 1. The molecule has 1 unspecified atom stereocenters. The van der Waals surface area contributed by atoms with Gasteiger partial charge < -0.3 is 19.5 Å². The molecule has 1 aliphatic heterocycles. The minimum absolute atomic E-state index is 0.194. The van der Waals surface area contributed by atoms with Gasteiger partial charge in [0.25, 0.3) is 0 Å². The van der Waals surface area contributed by atoms with Crippen LogP contribution in [-0.4, -0.2) is 42.5 Å². The van der Waals surface area contributed by atoms with Crippen molar-refractivity contribution in [3.8, 4) is 5.75 Å². The van der Waals surface area contributed by atoms with Crippen LogP contribution in [0.15, 0.2) is 49.1 Å². The van der Waals surface area contributed by atoms with E-state index in [0.29, 0.717) is 12.2 Å². The van der Waals surface area contributed by atoms with Gasteiger partial charge in [-0.1, -0.05) is 30.7 Å². The fraction of sp³-hybridized carbons (Fsp3) is 0.531. The number of aliphatic hydroxyl groups is 1. The number of hydrogen-bond acceptors (Lipinski definition) is 5. The van der Waals surface area contributed by atoms with Gasteiger partial charge in [0.15, 0.2) is 0 Å². The first-order valence-corrected chi connectivity index (χ1v) is 14.2. The maximum Gasteiger partial charge on any atom is 0.338 e. The first kappa shape index (κ1) is 27.1. The molecule has 2 aromatic carbocycles. The molecule has 1 fully saturated rings. The van der Waals surface area contributed by atoms with Crippen LogP contribution in [0.1, 0.15) is 74.9 Å². The van der Waals surface area contributed by atoms with Crippen molar-refractivity contribution < 1.29 is 19.4 Å². The minimum atomic E-state index is -0.578. The Morgan fingerprint density at radius 1 is 1.29 bits per heavy atom. The van der Waals surface area contributed by atoms with Gasteiger partial charge in [0.2, 0.25) is 0 Å². The number of carbonyl (C=O) groups is 1. The van der Waals surface area contributed by atoms with Crippen molar-refractivity contribution >= 4 is 23.3 Å². The predicted octanol–water partition coefficient (Wildman–Crippen LogP) is 6.73. The van der Waals surface area contributed by atoms with Gasteiger partial charge in [-0.05, 0) is 100 Å². The molecular weight excluding hydrogens is 498 g/mol. The van der Waals surface area contributed by atoms with Crippen LogP contribution in [0, 0.1) is 11.3 Å². The lowest BCUT2D eigenvalue weighted by Crippen LogP contribution is -2.53. The van der Waals surface area contributed by atoms with Gasteiger partial charge in [-0.25, -0.2) is 4.79 Å². The zero-order chi connectivity index (χ0) is 27.3. The number of nitrogens with zero attached hydrogens (tertiary/aromatic N) is 1. The van der Waals surface area contributed by atoms with E-state index in [1.165, 1.54) is 11.1 Å². The molecule has 6 heteroatoms. The van der Waals surface area contributed by atoms with Crippen molar-refractivity contribution in [1.82, 2.24) is 0 Å². The highest BCUT2D eigenvalue weighted by Crippen LogP contribution is 2.52. The number of anilines is 1. The van der Waals surface area contributed by atoms with Gasteiger partial charge in [0, 0.05) is 28.9 Å². The lowest BCUT2D eigenvalue weighted by molar-refractivity contribution is -0.0466. The summed E-state index contributed by atoms with van der Waals surface area (Å²) in [4.78, 5) is 15.4. The molecule has 1 N–H and O–H groups in total. The zero-order valence-corrected chi connectivity index (χ0v) is 23.8. The van der Waals surface area contributed by atoms with Gasteiger partial charge in [-0.3, -0.25) is 0 Å². The number of rotatable bonds is 5. The molecule has 0 amide bonds. The largest absolute Gasteiger partial charge is 0.490 e. The quantitative estimate of drug-likeness (QED) is 0.338. The SMILES string of the molecule is C=C[C@@H](O)[C@]1(C)CC[C@H]1CN1CC2(CCCc3cc(Cl)ccc32)COc2ccc(C(=O)OC(C)(C)C)cc21. The Kier molecular flexibility index (Phi) is 7.06. The third-order valence-electron chi connectivity index (χ3n) is 8.98. The molecule has 1 saturated carbocycles. The highest BCUT2D eigenvalue weighted by Gasteiger charge is 2.49. The van der Waals surface area contributed by atoms with Gasteiger partial charge in [0.1, 0.15) is 11.4 Å². The normalized spacial score (nSPS) is 27.3. The smallest absolute Gasteiger partial charge is 0.338 e. The maximum atomic E-state index is 13.0. The molecule has 0 bridgehead atoms. The topological polar surface area (TPSA) is 59.0 Å². The standard InChI is InChI=1S/C32H40ClNO4/c1-6-28(35)31(5)15-13-23(31)18-34-19-32(14-7-8-21-16-24(33)10-11-25(21)32)20-37-27-12-9-22(17-26(27)34)29(36)38-30(2,3)4/h6,9-12,16-17,23,28,35H,1,7-8,13-15,18-20H2,2-5H3/t23-,28+,31+,32?/m0/s1. The van der Waals surface area contributed by atoms with Gasteiger partial charge >= 0.3 is 5.97 Å². The van der Waals surface area contributed by atoms with E-state index in [2.05, 4.69) is 30.5 Å². The Balaban J connectivity index is 1.55. The molecule has 2 aromatic rings. The summed E-state index contributed by atoms with van der Waals surface area (Å²) in [5.74, 6) is 0.727. The van der Waals surface area contributed by atoms with Crippen LogP contribution in [0.25, 0.3) is 0 Å². The highest BCUT2D eigenvalue weighted by atomic mass is 35.5. The molecule has 38 heavy (non-hydrogen) atoms. The monoisotopic (exact) mass is 537 g/mol. The van der Waals surface area contributed by atoms with Crippen LogP contribution < -0.4 is 9.64 Å². The van der Waals surface area contributed by atoms with E-state index in [0.717, 1.165) is 61.7 Å². The third-order valence-corrected chi connectivity index (χ3v) is 9.21. The van der Waals surface area contributed by atoms with E-state index < -0.39 is 11.7 Å². The lowest BCUT2D eigenvalue weighted by Gasteiger charge is -2.52. The number of aryl methyl sites for hydroxylation is 1. The van der Waals surface area contributed by atoms with Crippen molar-refractivity contribution in [3.05, 3.63) is 70.8 Å². The first-order chi connectivity index (χ1) is 17.9. The molecule has 0 saturated heterocycles. The first-order valence-electron chi connectivity index (χ1n) is 13.8. The molecule has 1 spiro atoms. The number of halogens is 1. The van der Waals surface area contributed by atoms with Gasteiger partial charge in [0.05, 0.1) is 24.0 Å². The van der Waals surface area contributed by atoms with E-state index in [4.69, 9.17) is 21.1 Å². The van der Waals surface area contributed by atoms with E-state index in [9.17, 15) is 9.90 Å². The second-order valence-electron chi connectivity index (χ2n) is 12.7. The van der Waals surface area contributed by atoms with Crippen molar-refractivity contribution in [2.75, 3.05) is 24.6 Å². The number of benzene rings is 2. The maximum absolute atomic E-state index is 13.0. The number of fused-ring (bicyclic) bond motifs is 3. The van der Waals surface area contributed by atoms with E-state index >= 15 is 0 Å². The summed E-state index contributed by atoms with van der Waals surface area (Å²) in [5, 5.41) is 11.5. The van der Waals surface area contributed by atoms with E-state index in [-0.39, 0.29) is 22.7 Å². The molecule has 2 aliphatic carbocycles.